The number of halogens is 1. The quantitative estimate of drug-likeness (QED) is 0.907. The number of nitrogens with zero attached hydrogens (tertiary/aromatic N) is 1. The average molecular weight is 290 g/mol. The predicted octanol–water partition coefficient (Wildman–Crippen LogP) is 3.26. The lowest BCUT2D eigenvalue weighted by molar-refractivity contribution is 0.0945. The number of piperidine rings is 1. The van der Waals surface area contributed by atoms with Crippen molar-refractivity contribution in [3.63, 3.8) is 0 Å². The Kier molecular flexibility index (Phi) is 4.27. The van der Waals surface area contributed by atoms with Crippen LogP contribution in [-0.4, -0.2) is 40.7 Å². The van der Waals surface area contributed by atoms with Crippen LogP contribution in [0.5, 0.6) is 0 Å². The Morgan fingerprint density at radius 3 is 2.86 bits per heavy atom. The highest BCUT2D eigenvalue weighted by atomic mass is 19.1. The van der Waals surface area contributed by atoms with Crippen molar-refractivity contribution in [2.24, 2.45) is 0 Å². The molecule has 3 nitrogen and oxygen atoms in total. The molecule has 0 saturated carbocycles. The van der Waals surface area contributed by atoms with Crippen LogP contribution in [0, 0.1) is 5.82 Å². The molecule has 2 aromatic rings. The number of hydrogen-bond acceptors (Lipinski definition) is 2. The van der Waals surface area contributed by atoms with Gasteiger partial charge in [0, 0.05) is 23.6 Å². The van der Waals surface area contributed by atoms with Crippen LogP contribution in [0.25, 0.3) is 10.9 Å². The van der Waals surface area contributed by atoms with Crippen LogP contribution < -0.4 is 0 Å². The van der Waals surface area contributed by atoms with Gasteiger partial charge in [-0.25, -0.2) is 4.39 Å². The van der Waals surface area contributed by atoms with E-state index in [9.17, 15) is 9.50 Å². The molecule has 3 rings (SSSR count). The number of fused-ring (bicyclic) bond motifs is 1. The van der Waals surface area contributed by atoms with Gasteiger partial charge in [-0.2, -0.15) is 0 Å². The molecule has 1 fully saturated rings. The molecular formula is C17H23FN2O. The van der Waals surface area contributed by atoms with Gasteiger partial charge >= 0.3 is 0 Å². The first-order chi connectivity index (χ1) is 10.2. The second-order valence-electron chi connectivity index (χ2n) is 6.07. The van der Waals surface area contributed by atoms with E-state index in [0.717, 1.165) is 49.8 Å². The van der Waals surface area contributed by atoms with E-state index in [1.807, 2.05) is 19.2 Å². The molecule has 1 aliphatic heterocycles. The van der Waals surface area contributed by atoms with Crippen LogP contribution in [-0.2, 0) is 0 Å². The van der Waals surface area contributed by atoms with Crippen LogP contribution in [0.15, 0.2) is 24.4 Å². The van der Waals surface area contributed by atoms with Crippen LogP contribution >= 0.6 is 0 Å². The van der Waals surface area contributed by atoms with Gasteiger partial charge in [0.15, 0.2) is 0 Å². The number of aromatic amines is 1. The summed E-state index contributed by atoms with van der Waals surface area (Å²) in [5, 5.41) is 10.9. The molecule has 0 radical (unpaired) electrons. The topological polar surface area (TPSA) is 39.3 Å². The molecule has 1 aliphatic rings. The Labute approximate surface area is 124 Å². The normalized spacial score (nSPS) is 19.2. The fourth-order valence-electron chi connectivity index (χ4n) is 3.31. The number of likely N-dealkylation sites (tertiary alicyclic amines) is 1. The Hall–Kier alpha value is -1.39. The van der Waals surface area contributed by atoms with Gasteiger partial charge in [0.25, 0.3) is 0 Å². The molecule has 2 heterocycles. The monoisotopic (exact) mass is 290 g/mol. The van der Waals surface area contributed by atoms with Crippen molar-refractivity contribution in [1.82, 2.24) is 9.88 Å². The summed E-state index contributed by atoms with van der Waals surface area (Å²) in [6.07, 6.45) is 4.83. The minimum Gasteiger partial charge on any atom is -0.392 e. The zero-order valence-corrected chi connectivity index (χ0v) is 12.5. The Balaban J connectivity index is 1.68. The summed E-state index contributed by atoms with van der Waals surface area (Å²) in [7, 11) is 0. The molecule has 2 N–H and O–H groups in total. The fourth-order valence-corrected chi connectivity index (χ4v) is 3.31. The summed E-state index contributed by atoms with van der Waals surface area (Å²) in [4.78, 5) is 5.53. The third-order valence-electron chi connectivity index (χ3n) is 4.64. The van der Waals surface area contributed by atoms with Crippen LogP contribution in [0.4, 0.5) is 4.39 Å². The molecule has 4 heteroatoms. The van der Waals surface area contributed by atoms with Crippen molar-refractivity contribution in [2.45, 2.75) is 38.2 Å². The minimum atomic E-state index is -0.211. The summed E-state index contributed by atoms with van der Waals surface area (Å²) in [6.45, 7) is 4.84. The van der Waals surface area contributed by atoms with Crippen LogP contribution in [0.1, 0.15) is 37.7 Å². The Bertz CT molecular complexity index is 602. The number of rotatable bonds is 4. The lowest BCUT2D eigenvalue weighted by Crippen LogP contribution is -2.38. The summed E-state index contributed by atoms with van der Waals surface area (Å²) < 4.78 is 13.2. The van der Waals surface area contributed by atoms with Crippen molar-refractivity contribution >= 4 is 10.9 Å². The molecule has 0 bridgehead atoms. The van der Waals surface area contributed by atoms with Gasteiger partial charge in [-0.05, 0) is 62.0 Å². The Morgan fingerprint density at radius 2 is 2.14 bits per heavy atom. The van der Waals surface area contributed by atoms with E-state index < -0.39 is 0 Å². The summed E-state index contributed by atoms with van der Waals surface area (Å²) in [6, 6.07) is 4.97. The van der Waals surface area contributed by atoms with Gasteiger partial charge < -0.3 is 15.0 Å². The second kappa shape index (κ2) is 6.16. The van der Waals surface area contributed by atoms with Gasteiger partial charge in [0.1, 0.15) is 5.82 Å². The van der Waals surface area contributed by atoms with E-state index in [-0.39, 0.29) is 11.9 Å². The number of benzene rings is 1. The van der Waals surface area contributed by atoms with E-state index in [2.05, 4.69) is 9.88 Å². The zero-order chi connectivity index (χ0) is 14.8. The number of aliphatic hydroxyl groups excluding tert-OH is 1. The smallest absolute Gasteiger partial charge is 0.125 e. The van der Waals surface area contributed by atoms with Gasteiger partial charge in [0.2, 0.25) is 0 Å². The number of hydrogen-bond donors (Lipinski definition) is 2. The largest absolute Gasteiger partial charge is 0.392 e. The first-order valence-corrected chi connectivity index (χ1v) is 7.84. The van der Waals surface area contributed by atoms with Gasteiger partial charge in [-0.3, -0.25) is 0 Å². The standard InChI is InChI=1S/C17H23FN2O/c1-2-14(21)11-20-7-5-12(6-8-20)16-10-19-17-9-13(18)3-4-15(16)17/h3-4,9-10,12,14,19,21H,2,5-8,11H2,1H3. The number of H-pyrrole nitrogens is 1. The second-order valence-corrected chi connectivity index (χ2v) is 6.07. The SMILES string of the molecule is CCC(O)CN1CCC(c2c[nH]c3cc(F)ccc23)CC1. The van der Waals surface area contributed by atoms with Crippen molar-refractivity contribution in [1.29, 1.82) is 0 Å². The molecule has 1 aromatic carbocycles. The summed E-state index contributed by atoms with van der Waals surface area (Å²) in [5.41, 5.74) is 2.19. The van der Waals surface area contributed by atoms with Crippen molar-refractivity contribution < 1.29 is 9.50 Å². The highest BCUT2D eigenvalue weighted by Gasteiger charge is 2.23. The molecular weight excluding hydrogens is 267 g/mol. The molecule has 114 valence electrons. The zero-order valence-electron chi connectivity index (χ0n) is 12.5. The lowest BCUT2D eigenvalue weighted by atomic mass is 9.89. The van der Waals surface area contributed by atoms with Crippen molar-refractivity contribution in [2.75, 3.05) is 19.6 Å². The summed E-state index contributed by atoms with van der Waals surface area (Å²) >= 11 is 0. The number of nitrogens with one attached hydrogen (secondary N) is 1. The highest BCUT2D eigenvalue weighted by Crippen LogP contribution is 2.33. The van der Waals surface area contributed by atoms with Crippen molar-refractivity contribution in [3.8, 4) is 0 Å². The molecule has 1 atom stereocenters. The predicted molar refractivity (Wildman–Crippen MR) is 83.0 cm³/mol. The van der Waals surface area contributed by atoms with E-state index in [4.69, 9.17) is 0 Å². The average Bonchev–Trinajstić information content (AvgIpc) is 2.90. The van der Waals surface area contributed by atoms with Crippen molar-refractivity contribution in [3.05, 3.63) is 35.8 Å². The van der Waals surface area contributed by atoms with E-state index in [1.165, 1.54) is 11.6 Å². The third kappa shape index (κ3) is 3.11. The number of β-amino-alcohol motifs (C(OH)–C–C–N with tert-alkyl or cyclic N) is 1. The maximum atomic E-state index is 13.2. The molecule has 21 heavy (non-hydrogen) atoms. The van der Waals surface area contributed by atoms with Gasteiger partial charge in [-0.15, -0.1) is 0 Å². The fraction of sp³-hybridized carbons (Fsp3) is 0.529. The third-order valence-corrected chi connectivity index (χ3v) is 4.64. The molecule has 1 unspecified atom stereocenters. The molecule has 1 aromatic heterocycles. The molecule has 0 aliphatic carbocycles. The minimum absolute atomic E-state index is 0.195. The maximum Gasteiger partial charge on any atom is 0.125 e. The summed E-state index contributed by atoms with van der Waals surface area (Å²) in [5.74, 6) is 0.332. The number of aromatic nitrogens is 1. The first-order valence-electron chi connectivity index (χ1n) is 7.84. The molecule has 1 saturated heterocycles. The van der Waals surface area contributed by atoms with Gasteiger partial charge in [-0.1, -0.05) is 6.92 Å². The van der Waals surface area contributed by atoms with Gasteiger partial charge in [0.05, 0.1) is 6.10 Å². The van der Waals surface area contributed by atoms with E-state index in [0.29, 0.717) is 5.92 Å². The van der Waals surface area contributed by atoms with E-state index >= 15 is 0 Å². The Morgan fingerprint density at radius 1 is 1.38 bits per heavy atom. The van der Waals surface area contributed by atoms with Crippen LogP contribution in [0.3, 0.4) is 0 Å². The van der Waals surface area contributed by atoms with Crippen LogP contribution in [0.2, 0.25) is 0 Å². The molecule has 0 amide bonds. The molecule has 0 spiro atoms. The van der Waals surface area contributed by atoms with E-state index in [1.54, 1.807) is 6.07 Å². The lowest BCUT2D eigenvalue weighted by Gasteiger charge is -2.33. The number of aliphatic hydroxyl groups is 1. The highest BCUT2D eigenvalue weighted by molar-refractivity contribution is 5.83. The first kappa shape index (κ1) is 14.5. The maximum absolute atomic E-state index is 13.2.